The fourth-order valence-electron chi connectivity index (χ4n) is 1.96. The Balaban J connectivity index is 1.93. The molecule has 130 valence electrons. The van der Waals surface area contributed by atoms with Crippen molar-refractivity contribution in [2.75, 3.05) is 6.54 Å². The molecule has 0 saturated heterocycles. The summed E-state index contributed by atoms with van der Waals surface area (Å²) in [6.07, 6.45) is 0. The lowest BCUT2D eigenvalue weighted by atomic mass is 10.1. The number of carbonyl (C=O) groups is 2. The second-order valence-electron chi connectivity index (χ2n) is 5.10. The van der Waals surface area contributed by atoms with Crippen LogP contribution in [0, 0.1) is 0 Å². The number of aromatic hydroxyl groups is 2. The van der Waals surface area contributed by atoms with Crippen molar-refractivity contribution in [1.29, 1.82) is 0 Å². The van der Waals surface area contributed by atoms with Gasteiger partial charge in [0.2, 0.25) is 0 Å². The number of nitrogens with one attached hydrogen (secondary N) is 2. The Kier molecular flexibility index (Phi) is 6.13. The molecule has 2 rings (SSSR count). The zero-order chi connectivity index (χ0) is 18.4. The van der Waals surface area contributed by atoms with Gasteiger partial charge in [0.25, 0.3) is 11.8 Å². The molecule has 0 atom stereocenters. The van der Waals surface area contributed by atoms with Crippen molar-refractivity contribution in [3.05, 3.63) is 58.1 Å². The number of hydrazone groups is 1. The van der Waals surface area contributed by atoms with Crippen molar-refractivity contribution < 1.29 is 19.8 Å². The first-order valence-electron chi connectivity index (χ1n) is 7.26. The van der Waals surface area contributed by atoms with Crippen LogP contribution in [0.3, 0.4) is 0 Å². The van der Waals surface area contributed by atoms with E-state index in [1.807, 2.05) is 0 Å². The van der Waals surface area contributed by atoms with Gasteiger partial charge >= 0.3 is 0 Å². The molecule has 0 aromatic heterocycles. The van der Waals surface area contributed by atoms with Crippen LogP contribution in [0.1, 0.15) is 22.8 Å². The van der Waals surface area contributed by atoms with Gasteiger partial charge in [-0.05, 0) is 53.2 Å². The van der Waals surface area contributed by atoms with Crippen LogP contribution in [0.4, 0.5) is 0 Å². The normalized spacial score (nSPS) is 11.0. The average Bonchev–Trinajstić information content (AvgIpc) is 2.60. The summed E-state index contributed by atoms with van der Waals surface area (Å²) in [7, 11) is 0. The van der Waals surface area contributed by atoms with Crippen molar-refractivity contribution in [2.24, 2.45) is 5.10 Å². The molecule has 0 saturated carbocycles. The molecule has 0 unspecified atom stereocenters. The molecule has 0 radical (unpaired) electrons. The third-order valence-electron chi connectivity index (χ3n) is 3.25. The maximum absolute atomic E-state index is 12.0. The highest BCUT2D eigenvalue weighted by atomic mass is 79.9. The van der Waals surface area contributed by atoms with Gasteiger partial charge in [-0.25, -0.2) is 5.43 Å². The molecule has 0 heterocycles. The molecule has 0 fully saturated rings. The van der Waals surface area contributed by atoms with Gasteiger partial charge in [0.1, 0.15) is 11.5 Å². The molecule has 2 aromatic rings. The number of benzene rings is 2. The highest BCUT2D eigenvalue weighted by Gasteiger charge is 2.11. The van der Waals surface area contributed by atoms with Crippen molar-refractivity contribution in [1.82, 2.24) is 10.7 Å². The van der Waals surface area contributed by atoms with Crippen LogP contribution in [-0.2, 0) is 4.79 Å². The first-order valence-corrected chi connectivity index (χ1v) is 8.06. The highest BCUT2D eigenvalue weighted by Crippen LogP contribution is 2.22. The van der Waals surface area contributed by atoms with E-state index in [-0.39, 0.29) is 23.6 Å². The summed E-state index contributed by atoms with van der Waals surface area (Å²) in [5, 5.41) is 25.5. The Morgan fingerprint density at radius 3 is 2.56 bits per heavy atom. The number of hydrogen-bond acceptors (Lipinski definition) is 5. The minimum Gasteiger partial charge on any atom is -0.508 e. The summed E-state index contributed by atoms with van der Waals surface area (Å²) < 4.78 is 0.626. The minimum atomic E-state index is -0.528. The van der Waals surface area contributed by atoms with Crippen molar-refractivity contribution >= 4 is 33.5 Å². The molecule has 8 heteroatoms. The van der Waals surface area contributed by atoms with E-state index in [0.29, 0.717) is 15.7 Å². The van der Waals surface area contributed by atoms with Crippen LogP contribution in [0.25, 0.3) is 0 Å². The molecule has 0 aliphatic rings. The second kappa shape index (κ2) is 8.29. The number of hydrogen-bond donors (Lipinski definition) is 4. The largest absolute Gasteiger partial charge is 0.508 e. The smallest absolute Gasteiger partial charge is 0.259 e. The summed E-state index contributed by atoms with van der Waals surface area (Å²) in [6.45, 7) is 1.30. The lowest BCUT2D eigenvalue weighted by Crippen LogP contribution is -2.35. The van der Waals surface area contributed by atoms with Crippen molar-refractivity contribution in [3.8, 4) is 11.5 Å². The lowest BCUT2D eigenvalue weighted by molar-refractivity contribution is -0.120. The molecule has 0 aliphatic heterocycles. The minimum absolute atomic E-state index is 0.0330. The van der Waals surface area contributed by atoms with E-state index < -0.39 is 11.8 Å². The monoisotopic (exact) mass is 405 g/mol. The van der Waals surface area contributed by atoms with Crippen LogP contribution >= 0.6 is 15.9 Å². The fourth-order valence-corrected chi connectivity index (χ4v) is 2.43. The Labute approximate surface area is 152 Å². The summed E-state index contributed by atoms with van der Waals surface area (Å²) in [6, 6.07) is 10.8. The molecule has 7 nitrogen and oxygen atoms in total. The molecule has 25 heavy (non-hydrogen) atoms. The lowest BCUT2D eigenvalue weighted by Gasteiger charge is -2.07. The van der Waals surface area contributed by atoms with E-state index in [1.165, 1.54) is 18.2 Å². The number of carbonyl (C=O) groups excluding carboxylic acids is 2. The maximum atomic E-state index is 12.0. The third-order valence-corrected chi connectivity index (χ3v) is 3.94. The number of nitrogens with zero attached hydrogens (tertiary/aromatic N) is 1. The molecular weight excluding hydrogens is 390 g/mol. The molecule has 4 N–H and O–H groups in total. The molecular formula is C17H16BrN3O4. The quantitative estimate of drug-likeness (QED) is 0.346. The van der Waals surface area contributed by atoms with Gasteiger partial charge in [0, 0.05) is 10.0 Å². The highest BCUT2D eigenvalue weighted by molar-refractivity contribution is 9.10. The first-order chi connectivity index (χ1) is 11.9. The fraction of sp³-hybridized carbons (Fsp3) is 0.118. The van der Waals surface area contributed by atoms with Gasteiger partial charge in [-0.15, -0.1) is 0 Å². The molecule has 0 aliphatic carbocycles. The van der Waals surface area contributed by atoms with Crippen LogP contribution < -0.4 is 10.7 Å². The van der Waals surface area contributed by atoms with E-state index in [9.17, 15) is 19.8 Å². The Morgan fingerprint density at radius 1 is 1.12 bits per heavy atom. The van der Waals surface area contributed by atoms with Gasteiger partial charge in [0.05, 0.1) is 17.8 Å². The van der Waals surface area contributed by atoms with Crippen LogP contribution in [-0.4, -0.2) is 34.3 Å². The predicted molar refractivity (Wildman–Crippen MR) is 96.6 cm³/mol. The van der Waals surface area contributed by atoms with E-state index in [4.69, 9.17) is 0 Å². The number of phenolic OH excluding ortho intramolecular Hbond substituents is 2. The van der Waals surface area contributed by atoms with E-state index in [2.05, 4.69) is 31.8 Å². The standard InChI is InChI=1S/C17H16BrN3O4/c1-10(13-8-11(22)6-7-15(13)23)20-21-16(24)9-19-17(25)12-4-2-3-5-14(12)18/h2-8,22-23H,9H2,1H3,(H,19,25)(H,21,24)/b20-10+. The van der Waals surface area contributed by atoms with Gasteiger partial charge in [-0.2, -0.15) is 5.10 Å². The number of phenols is 2. The SMILES string of the molecule is C/C(=N\NC(=O)CNC(=O)c1ccccc1Br)c1cc(O)ccc1O. The van der Waals surface area contributed by atoms with E-state index in [0.717, 1.165) is 0 Å². The summed E-state index contributed by atoms with van der Waals surface area (Å²) in [5.74, 6) is -1.03. The van der Waals surface area contributed by atoms with Crippen molar-refractivity contribution in [2.45, 2.75) is 6.92 Å². The second-order valence-corrected chi connectivity index (χ2v) is 5.95. The van der Waals surface area contributed by atoms with Crippen LogP contribution in [0.5, 0.6) is 11.5 Å². The average molecular weight is 406 g/mol. The Hall–Kier alpha value is -2.87. The molecule has 2 aromatic carbocycles. The summed E-state index contributed by atoms with van der Waals surface area (Å²) in [5.41, 5.74) is 3.29. The summed E-state index contributed by atoms with van der Waals surface area (Å²) >= 11 is 3.26. The third kappa shape index (κ3) is 5.05. The van der Waals surface area contributed by atoms with E-state index in [1.54, 1.807) is 31.2 Å². The number of halogens is 1. The van der Waals surface area contributed by atoms with Crippen molar-refractivity contribution in [3.63, 3.8) is 0 Å². The number of rotatable bonds is 5. The van der Waals surface area contributed by atoms with Gasteiger partial charge in [-0.1, -0.05) is 12.1 Å². The topological polar surface area (TPSA) is 111 Å². The molecule has 2 amide bonds. The zero-order valence-electron chi connectivity index (χ0n) is 13.3. The van der Waals surface area contributed by atoms with E-state index >= 15 is 0 Å². The maximum Gasteiger partial charge on any atom is 0.259 e. The van der Waals surface area contributed by atoms with Crippen LogP contribution in [0.2, 0.25) is 0 Å². The zero-order valence-corrected chi connectivity index (χ0v) is 14.9. The first kappa shape index (κ1) is 18.5. The van der Waals surface area contributed by atoms with Gasteiger partial charge in [-0.3, -0.25) is 9.59 Å². The van der Waals surface area contributed by atoms with Gasteiger partial charge in [0.15, 0.2) is 0 Å². The van der Waals surface area contributed by atoms with Crippen LogP contribution in [0.15, 0.2) is 52.0 Å². The Bertz CT molecular complexity index is 836. The molecule has 0 bridgehead atoms. The van der Waals surface area contributed by atoms with Gasteiger partial charge < -0.3 is 15.5 Å². The molecule has 0 spiro atoms. The predicted octanol–water partition coefficient (Wildman–Crippen LogP) is 2.13. The Morgan fingerprint density at radius 2 is 1.84 bits per heavy atom. The summed E-state index contributed by atoms with van der Waals surface area (Å²) in [4.78, 5) is 23.8. The number of amides is 2.